The minimum absolute atomic E-state index is 0.632. The van der Waals surface area contributed by atoms with Gasteiger partial charge in [-0.25, -0.2) is 4.98 Å². The Morgan fingerprint density at radius 3 is 2.36 bits per heavy atom. The van der Waals surface area contributed by atoms with Gasteiger partial charge in [-0.1, -0.05) is 20.8 Å². The maximum atomic E-state index is 4.47. The Balaban J connectivity index is 2.97. The van der Waals surface area contributed by atoms with Gasteiger partial charge < -0.3 is 0 Å². The van der Waals surface area contributed by atoms with Gasteiger partial charge in [0.05, 0.1) is 10.7 Å². The van der Waals surface area contributed by atoms with Crippen LogP contribution in [0.1, 0.15) is 42.3 Å². The molecule has 0 N–H and O–H groups in total. The van der Waals surface area contributed by atoms with E-state index >= 15 is 0 Å². The van der Waals surface area contributed by atoms with Crippen LogP contribution < -0.4 is 0 Å². The van der Waals surface area contributed by atoms with Crippen LogP contribution in [0.3, 0.4) is 0 Å². The zero-order valence-corrected chi connectivity index (χ0v) is 8.46. The van der Waals surface area contributed by atoms with Crippen molar-refractivity contribution >= 4 is 11.3 Å². The summed E-state index contributed by atoms with van der Waals surface area (Å²) in [4.78, 5) is 5.92. The normalized spacial score (nSPS) is 11.0. The van der Waals surface area contributed by atoms with Gasteiger partial charge in [0.25, 0.3) is 0 Å². The standard InChI is InChI=1S/C9H15NS/c1-5-8-10-7(4)9(11-8)6(2)3/h6H,5H2,1-4H3. The first kappa shape index (κ1) is 8.72. The lowest BCUT2D eigenvalue weighted by Gasteiger charge is -1.99. The van der Waals surface area contributed by atoms with Crippen molar-refractivity contribution in [1.82, 2.24) is 4.98 Å². The van der Waals surface area contributed by atoms with Crippen molar-refractivity contribution in [3.05, 3.63) is 15.6 Å². The molecule has 0 unspecified atom stereocenters. The van der Waals surface area contributed by atoms with Crippen LogP contribution in [0.5, 0.6) is 0 Å². The molecule has 1 heterocycles. The lowest BCUT2D eigenvalue weighted by molar-refractivity contribution is 0.871. The maximum absolute atomic E-state index is 4.47. The second kappa shape index (κ2) is 3.35. The van der Waals surface area contributed by atoms with E-state index in [9.17, 15) is 0 Å². The molecule has 62 valence electrons. The molecule has 0 atom stereocenters. The molecule has 0 saturated carbocycles. The highest BCUT2D eigenvalue weighted by Gasteiger charge is 2.08. The summed E-state index contributed by atoms with van der Waals surface area (Å²) >= 11 is 1.86. The van der Waals surface area contributed by atoms with E-state index in [1.807, 2.05) is 11.3 Å². The van der Waals surface area contributed by atoms with Gasteiger partial charge in [0.2, 0.25) is 0 Å². The van der Waals surface area contributed by atoms with Gasteiger partial charge in [0.1, 0.15) is 0 Å². The van der Waals surface area contributed by atoms with Gasteiger partial charge in [0.15, 0.2) is 0 Å². The third-order valence-corrected chi connectivity index (χ3v) is 3.31. The highest BCUT2D eigenvalue weighted by Crippen LogP contribution is 2.25. The Morgan fingerprint density at radius 2 is 2.09 bits per heavy atom. The Morgan fingerprint density at radius 1 is 1.45 bits per heavy atom. The predicted octanol–water partition coefficient (Wildman–Crippen LogP) is 3.14. The fourth-order valence-corrected chi connectivity index (χ4v) is 2.16. The second-order valence-electron chi connectivity index (χ2n) is 3.07. The molecular formula is C9H15NS. The van der Waals surface area contributed by atoms with Crippen molar-refractivity contribution in [1.29, 1.82) is 0 Å². The molecule has 0 bridgehead atoms. The van der Waals surface area contributed by atoms with Crippen LogP contribution in [-0.4, -0.2) is 4.98 Å². The van der Waals surface area contributed by atoms with Crippen LogP contribution in [0.15, 0.2) is 0 Å². The Labute approximate surface area is 72.5 Å². The Hall–Kier alpha value is -0.370. The maximum Gasteiger partial charge on any atom is 0.0928 e. The minimum Gasteiger partial charge on any atom is -0.246 e. The number of aromatic nitrogens is 1. The molecule has 0 saturated heterocycles. The summed E-state index contributed by atoms with van der Waals surface area (Å²) in [6.07, 6.45) is 1.07. The van der Waals surface area contributed by atoms with Crippen LogP contribution in [0.25, 0.3) is 0 Å². The van der Waals surface area contributed by atoms with Crippen molar-refractivity contribution in [3.8, 4) is 0 Å². The van der Waals surface area contributed by atoms with Gasteiger partial charge in [-0.05, 0) is 19.3 Å². The zero-order valence-electron chi connectivity index (χ0n) is 7.64. The molecule has 0 aliphatic heterocycles. The average Bonchev–Trinajstić information content (AvgIpc) is 2.30. The quantitative estimate of drug-likeness (QED) is 0.662. The predicted molar refractivity (Wildman–Crippen MR) is 50.3 cm³/mol. The molecule has 0 aliphatic rings. The fraction of sp³-hybridized carbons (Fsp3) is 0.667. The average molecular weight is 169 g/mol. The fourth-order valence-electron chi connectivity index (χ4n) is 1.15. The van der Waals surface area contributed by atoms with Gasteiger partial charge in [-0.2, -0.15) is 0 Å². The summed E-state index contributed by atoms with van der Waals surface area (Å²) in [6.45, 7) is 8.70. The number of thiazole rings is 1. The molecular weight excluding hydrogens is 154 g/mol. The van der Waals surface area contributed by atoms with Gasteiger partial charge in [0, 0.05) is 4.88 Å². The van der Waals surface area contributed by atoms with Crippen LogP contribution in [0.4, 0.5) is 0 Å². The zero-order chi connectivity index (χ0) is 8.43. The first-order chi connectivity index (χ1) is 5.15. The van der Waals surface area contributed by atoms with E-state index in [0.29, 0.717) is 5.92 Å². The molecule has 0 radical (unpaired) electrons. The van der Waals surface area contributed by atoms with Crippen molar-refractivity contribution in [2.75, 3.05) is 0 Å². The highest BCUT2D eigenvalue weighted by atomic mass is 32.1. The first-order valence-corrected chi connectivity index (χ1v) is 4.93. The molecule has 2 heteroatoms. The van der Waals surface area contributed by atoms with Crippen molar-refractivity contribution in [2.24, 2.45) is 0 Å². The smallest absolute Gasteiger partial charge is 0.0928 e. The topological polar surface area (TPSA) is 12.9 Å². The molecule has 0 aliphatic carbocycles. The SMILES string of the molecule is CCc1nc(C)c(C(C)C)s1. The molecule has 1 rings (SSSR count). The van der Waals surface area contributed by atoms with Crippen LogP contribution in [0.2, 0.25) is 0 Å². The van der Waals surface area contributed by atoms with E-state index < -0.39 is 0 Å². The van der Waals surface area contributed by atoms with E-state index in [2.05, 4.69) is 32.7 Å². The Bertz CT molecular complexity index is 238. The van der Waals surface area contributed by atoms with Crippen LogP contribution in [0, 0.1) is 6.92 Å². The van der Waals surface area contributed by atoms with Gasteiger partial charge >= 0.3 is 0 Å². The summed E-state index contributed by atoms with van der Waals surface area (Å²) in [6, 6.07) is 0. The molecule has 0 fully saturated rings. The number of hydrogen-bond donors (Lipinski definition) is 0. The summed E-state index contributed by atoms with van der Waals surface area (Å²) in [7, 11) is 0. The summed E-state index contributed by atoms with van der Waals surface area (Å²) in [5.41, 5.74) is 1.22. The summed E-state index contributed by atoms with van der Waals surface area (Å²) in [5.74, 6) is 0.632. The van der Waals surface area contributed by atoms with E-state index in [1.165, 1.54) is 15.6 Å². The van der Waals surface area contributed by atoms with E-state index in [1.54, 1.807) is 0 Å². The van der Waals surface area contributed by atoms with Gasteiger partial charge in [-0.15, -0.1) is 11.3 Å². The van der Waals surface area contributed by atoms with Crippen molar-refractivity contribution < 1.29 is 0 Å². The lowest BCUT2D eigenvalue weighted by Crippen LogP contribution is -1.84. The van der Waals surface area contributed by atoms with Gasteiger partial charge in [-0.3, -0.25) is 0 Å². The first-order valence-electron chi connectivity index (χ1n) is 4.11. The summed E-state index contributed by atoms with van der Waals surface area (Å²) < 4.78 is 0. The molecule has 0 amide bonds. The third kappa shape index (κ3) is 1.80. The van der Waals surface area contributed by atoms with E-state index in [-0.39, 0.29) is 0 Å². The number of nitrogens with zero attached hydrogens (tertiary/aromatic N) is 1. The molecule has 1 nitrogen and oxygen atoms in total. The molecule has 1 aromatic heterocycles. The number of aryl methyl sites for hydroxylation is 2. The van der Waals surface area contributed by atoms with Crippen molar-refractivity contribution in [2.45, 2.75) is 40.0 Å². The Kier molecular flexibility index (Phi) is 2.66. The van der Waals surface area contributed by atoms with Crippen LogP contribution in [-0.2, 0) is 6.42 Å². The molecule has 0 aromatic carbocycles. The van der Waals surface area contributed by atoms with Crippen LogP contribution >= 0.6 is 11.3 Å². The van der Waals surface area contributed by atoms with E-state index in [0.717, 1.165) is 6.42 Å². The second-order valence-corrected chi connectivity index (χ2v) is 4.18. The summed E-state index contributed by atoms with van der Waals surface area (Å²) in [5, 5.41) is 1.27. The number of rotatable bonds is 2. The molecule has 0 spiro atoms. The van der Waals surface area contributed by atoms with E-state index in [4.69, 9.17) is 0 Å². The minimum atomic E-state index is 0.632. The highest BCUT2D eigenvalue weighted by molar-refractivity contribution is 7.11. The largest absolute Gasteiger partial charge is 0.246 e. The number of hydrogen-bond acceptors (Lipinski definition) is 2. The third-order valence-electron chi connectivity index (χ3n) is 1.70. The monoisotopic (exact) mass is 169 g/mol. The lowest BCUT2D eigenvalue weighted by atomic mass is 10.1. The molecule has 11 heavy (non-hydrogen) atoms. The van der Waals surface area contributed by atoms with Crippen molar-refractivity contribution in [3.63, 3.8) is 0 Å². The molecule has 1 aromatic rings.